The minimum atomic E-state index is -0.157. The van der Waals surface area contributed by atoms with Gasteiger partial charge in [-0.1, -0.05) is 36.8 Å². The van der Waals surface area contributed by atoms with Gasteiger partial charge in [0.05, 0.1) is 12.7 Å². The molecule has 0 atom stereocenters. The number of nitrogens with zero attached hydrogens (tertiary/aromatic N) is 3. The third kappa shape index (κ3) is 5.10. The number of hydrogen-bond donors (Lipinski definition) is 1. The van der Waals surface area contributed by atoms with Crippen molar-refractivity contribution in [3.63, 3.8) is 0 Å². The maximum Gasteiger partial charge on any atom is 0.257 e. The molecule has 1 aliphatic heterocycles. The molecule has 162 valence electrons. The van der Waals surface area contributed by atoms with Crippen LogP contribution in [0.1, 0.15) is 60.8 Å². The highest BCUT2D eigenvalue weighted by Gasteiger charge is 2.29. The lowest BCUT2D eigenvalue weighted by Gasteiger charge is -2.31. The molecule has 1 aromatic carbocycles. The summed E-state index contributed by atoms with van der Waals surface area (Å²) >= 11 is 7.49. The molecule has 1 aliphatic rings. The number of amides is 2. The summed E-state index contributed by atoms with van der Waals surface area (Å²) < 4.78 is 5.29. The maximum absolute atomic E-state index is 12.9. The number of nitrogens with one attached hydrogen (secondary N) is 1. The first-order valence-corrected chi connectivity index (χ1v) is 11.4. The van der Waals surface area contributed by atoms with Gasteiger partial charge in [-0.3, -0.25) is 9.59 Å². The highest BCUT2D eigenvalue weighted by Crippen LogP contribution is 2.30. The molecule has 7 nitrogen and oxygen atoms in total. The van der Waals surface area contributed by atoms with Gasteiger partial charge in [-0.05, 0) is 43.9 Å². The van der Waals surface area contributed by atoms with Crippen LogP contribution in [0.25, 0.3) is 0 Å². The van der Waals surface area contributed by atoms with E-state index in [1.54, 1.807) is 23.1 Å². The summed E-state index contributed by atoms with van der Waals surface area (Å²) in [6.07, 6.45) is 3.20. The Kier molecular flexibility index (Phi) is 7.66. The number of methoxy groups -OCH3 is 1. The normalized spacial score (nSPS) is 14.8. The molecule has 0 radical (unpaired) electrons. The third-order valence-electron chi connectivity index (χ3n) is 5.55. The van der Waals surface area contributed by atoms with E-state index < -0.39 is 0 Å². The number of benzene rings is 1. The summed E-state index contributed by atoms with van der Waals surface area (Å²) in [7, 11) is 1.53. The van der Waals surface area contributed by atoms with Gasteiger partial charge in [-0.15, -0.1) is 10.2 Å². The van der Waals surface area contributed by atoms with Crippen LogP contribution < -0.4 is 10.1 Å². The first-order valence-electron chi connectivity index (χ1n) is 10.2. The van der Waals surface area contributed by atoms with Gasteiger partial charge in [-0.2, -0.15) is 0 Å². The Balaban J connectivity index is 1.57. The second kappa shape index (κ2) is 10.2. The summed E-state index contributed by atoms with van der Waals surface area (Å²) in [6.45, 7) is 5.26. The first-order chi connectivity index (χ1) is 14.5. The summed E-state index contributed by atoms with van der Waals surface area (Å²) in [5.41, 5.74) is 0.440. The summed E-state index contributed by atoms with van der Waals surface area (Å²) in [5, 5.41) is 13.2. The number of hydrogen-bond acceptors (Lipinski definition) is 6. The third-order valence-corrected chi connectivity index (χ3v) is 6.79. The van der Waals surface area contributed by atoms with E-state index >= 15 is 0 Å². The molecule has 0 saturated carbocycles. The molecule has 30 heavy (non-hydrogen) atoms. The smallest absolute Gasteiger partial charge is 0.257 e. The molecule has 3 rings (SSSR count). The van der Waals surface area contributed by atoms with Crippen LogP contribution in [-0.4, -0.2) is 47.1 Å². The van der Waals surface area contributed by atoms with Crippen molar-refractivity contribution in [1.82, 2.24) is 15.1 Å². The molecular weight excluding hydrogens is 424 g/mol. The molecule has 1 fully saturated rings. The van der Waals surface area contributed by atoms with Crippen LogP contribution in [0.2, 0.25) is 5.02 Å². The van der Waals surface area contributed by atoms with Crippen LogP contribution in [0.15, 0.2) is 18.2 Å². The topological polar surface area (TPSA) is 84.4 Å². The lowest BCUT2D eigenvalue weighted by molar-refractivity contribution is -0.121. The fraction of sp³-hybridized carbons (Fsp3) is 0.524. The minimum absolute atomic E-state index is 0.0605. The predicted molar refractivity (Wildman–Crippen MR) is 118 cm³/mol. The quantitative estimate of drug-likeness (QED) is 0.666. The number of aromatic nitrogens is 2. The molecule has 2 amide bonds. The molecule has 1 saturated heterocycles. The molecule has 0 bridgehead atoms. The van der Waals surface area contributed by atoms with Crippen molar-refractivity contribution >= 4 is 39.9 Å². The van der Waals surface area contributed by atoms with Gasteiger partial charge in [0, 0.05) is 29.9 Å². The molecular formula is C21H27ClN4O3S. The summed E-state index contributed by atoms with van der Waals surface area (Å²) in [4.78, 5) is 27.3. The summed E-state index contributed by atoms with van der Waals surface area (Å²) in [6, 6.07) is 5.00. The number of anilines is 1. The molecule has 2 aromatic rings. The van der Waals surface area contributed by atoms with Crippen LogP contribution in [0.3, 0.4) is 0 Å². The molecule has 2 heterocycles. The minimum Gasteiger partial charge on any atom is -0.496 e. The van der Waals surface area contributed by atoms with Crippen molar-refractivity contribution < 1.29 is 14.3 Å². The average Bonchev–Trinajstić information content (AvgIpc) is 3.22. The molecule has 0 unspecified atom stereocenters. The summed E-state index contributed by atoms with van der Waals surface area (Å²) in [5.74, 6) is 0.525. The van der Waals surface area contributed by atoms with Gasteiger partial charge < -0.3 is 15.0 Å². The van der Waals surface area contributed by atoms with E-state index in [1.165, 1.54) is 18.4 Å². The van der Waals surface area contributed by atoms with E-state index in [2.05, 4.69) is 29.4 Å². The van der Waals surface area contributed by atoms with Crippen molar-refractivity contribution in [2.24, 2.45) is 5.92 Å². The Hall–Kier alpha value is -2.19. The van der Waals surface area contributed by atoms with E-state index in [4.69, 9.17) is 16.3 Å². The van der Waals surface area contributed by atoms with Gasteiger partial charge in [0.15, 0.2) is 0 Å². The van der Waals surface area contributed by atoms with E-state index in [0.717, 1.165) is 17.8 Å². The molecule has 0 spiro atoms. The van der Waals surface area contributed by atoms with Crippen molar-refractivity contribution in [2.75, 3.05) is 25.5 Å². The number of likely N-dealkylation sites (tertiary alicyclic amines) is 1. The number of ether oxygens (including phenoxy) is 1. The predicted octanol–water partition coefficient (Wildman–Crippen LogP) is 4.59. The zero-order valence-corrected chi connectivity index (χ0v) is 19.1. The van der Waals surface area contributed by atoms with Crippen LogP contribution in [0.4, 0.5) is 5.13 Å². The van der Waals surface area contributed by atoms with Gasteiger partial charge in [0.2, 0.25) is 11.0 Å². The lowest BCUT2D eigenvalue weighted by Crippen LogP contribution is -2.41. The number of carbonyl (C=O) groups is 2. The molecule has 0 aliphatic carbocycles. The van der Waals surface area contributed by atoms with E-state index in [1.807, 2.05) is 0 Å². The standard InChI is InChI=1S/C21H27ClN4O3S/c1-4-13(5-2)19-24-25-21(30-19)23-18(27)14-8-10-26(11-9-14)20(28)16-12-15(22)6-7-17(16)29-3/h6-7,12-14H,4-5,8-11H2,1-3H3,(H,23,25,27). The fourth-order valence-electron chi connectivity index (χ4n) is 3.66. The van der Waals surface area contributed by atoms with Gasteiger partial charge in [0.25, 0.3) is 5.91 Å². The largest absolute Gasteiger partial charge is 0.496 e. The lowest BCUT2D eigenvalue weighted by atomic mass is 9.95. The van der Waals surface area contributed by atoms with Gasteiger partial charge in [0.1, 0.15) is 10.8 Å². The van der Waals surface area contributed by atoms with Crippen molar-refractivity contribution in [2.45, 2.75) is 45.4 Å². The van der Waals surface area contributed by atoms with E-state index in [-0.39, 0.29) is 17.7 Å². The van der Waals surface area contributed by atoms with Crippen molar-refractivity contribution in [1.29, 1.82) is 0 Å². The van der Waals surface area contributed by atoms with E-state index in [0.29, 0.717) is 53.3 Å². The second-order valence-electron chi connectivity index (χ2n) is 7.36. The maximum atomic E-state index is 12.9. The fourth-order valence-corrected chi connectivity index (χ4v) is 4.84. The highest BCUT2D eigenvalue weighted by molar-refractivity contribution is 7.15. The SMILES string of the molecule is CCC(CC)c1nnc(NC(=O)C2CCN(C(=O)c3cc(Cl)ccc3OC)CC2)s1. The Morgan fingerprint density at radius 2 is 1.97 bits per heavy atom. The first kappa shape index (κ1) is 22.5. The Labute approximate surface area is 185 Å². The van der Waals surface area contributed by atoms with Crippen LogP contribution in [0.5, 0.6) is 5.75 Å². The zero-order valence-electron chi connectivity index (χ0n) is 17.5. The number of carbonyl (C=O) groups excluding carboxylic acids is 2. The number of halogens is 1. The van der Waals surface area contributed by atoms with Crippen LogP contribution >= 0.6 is 22.9 Å². The van der Waals surface area contributed by atoms with Crippen molar-refractivity contribution in [3.8, 4) is 5.75 Å². The second-order valence-corrected chi connectivity index (χ2v) is 8.80. The number of rotatable bonds is 7. The number of piperidine rings is 1. The average molecular weight is 451 g/mol. The highest BCUT2D eigenvalue weighted by atomic mass is 35.5. The molecule has 1 aromatic heterocycles. The zero-order chi connectivity index (χ0) is 21.7. The Morgan fingerprint density at radius 3 is 2.60 bits per heavy atom. The monoisotopic (exact) mass is 450 g/mol. The van der Waals surface area contributed by atoms with Gasteiger partial charge in [-0.25, -0.2) is 0 Å². The molecule has 1 N–H and O–H groups in total. The van der Waals surface area contributed by atoms with Crippen molar-refractivity contribution in [3.05, 3.63) is 33.8 Å². The molecule has 9 heteroatoms. The van der Waals surface area contributed by atoms with Gasteiger partial charge >= 0.3 is 0 Å². The van der Waals surface area contributed by atoms with Crippen LogP contribution in [0, 0.1) is 5.92 Å². The van der Waals surface area contributed by atoms with E-state index in [9.17, 15) is 9.59 Å². The Morgan fingerprint density at radius 1 is 1.27 bits per heavy atom. The van der Waals surface area contributed by atoms with Crippen LogP contribution in [-0.2, 0) is 4.79 Å². The Bertz CT molecular complexity index is 892.